The van der Waals surface area contributed by atoms with Gasteiger partial charge in [-0.2, -0.15) is 0 Å². The van der Waals surface area contributed by atoms with Crippen LogP contribution in [0, 0.1) is 0 Å². The molecule has 0 aliphatic carbocycles. The van der Waals surface area contributed by atoms with Crippen LogP contribution in [0.15, 0.2) is 40.9 Å². The number of nitrogens with zero attached hydrogens (tertiary/aromatic N) is 2. The average Bonchev–Trinajstić information content (AvgIpc) is 2.64. The molecule has 0 spiro atoms. The van der Waals surface area contributed by atoms with Crippen LogP contribution in [0.25, 0.3) is 0 Å². The molecule has 0 aromatic heterocycles. The van der Waals surface area contributed by atoms with Gasteiger partial charge in [-0.3, -0.25) is 4.79 Å². The molecule has 2 aromatic carbocycles. The lowest BCUT2D eigenvalue weighted by molar-refractivity contribution is 0.102. The van der Waals surface area contributed by atoms with Crippen molar-refractivity contribution in [3.05, 3.63) is 51.5 Å². The molecule has 7 heteroatoms. The fraction of sp³-hybridized carbons (Fsp3) is 0.316. The first-order valence-electron chi connectivity index (χ1n) is 8.61. The Labute approximate surface area is 167 Å². The molecule has 26 heavy (non-hydrogen) atoms. The summed E-state index contributed by atoms with van der Waals surface area (Å²) in [6.45, 7) is 7.07. The number of benzene rings is 2. The highest BCUT2D eigenvalue weighted by Gasteiger charge is 2.20. The van der Waals surface area contributed by atoms with Crippen LogP contribution < -0.4 is 16.0 Å². The van der Waals surface area contributed by atoms with Crippen LogP contribution in [0.2, 0.25) is 5.02 Å². The van der Waals surface area contributed by atoms with Crippen molar-refractivity contribution in [3.8, 4) is 0 Å². The summed E-state index contributed by atoms with van der Waals surface area (Å²) >= 11 is 9.57. The summed E-state index contributed by atoms with van der Waals surface area (Å²) in [7, 11) is 0. The van der Waals surface area contributed by atoms with E-state index in [1.54, 1.807) is 24.3 Å². The summed E-state index contributed by atoms with van der Waals surface area (Å²) < 4.78 is 0.801. The molecule has 1 heterocycles. The second-order valence-corrected chi connectivity index (χ2v) is 7.60. The van der Waals surface area contributed by atoms with Crippen molar-refractivity contribution in [3.63, 3.8) is 0 Å². The van der Waals surface area contributed by atoms with Crippen molar-refractivity contribution in [1.82, 2.24) is 4.90 Å². The maximum absolute atomic E-state index is 12.7. The number of carbonyl (C=O) groups excluding carboxylic acids is 1. The summed E-state index contributed by atoms with van der Waals surface area (Å²) in [4.78, 5) is 17.4. The minimum absolute atomic E-state index is 0.254. The maximum Gasteiger partial charge on any atom is 0.257 e. The smallest absolute Gasteiger partial charge is 0.257 e. The number of piperazine rings is 1. The molecule has 0 atom stereocenters. The number of hydrogen-bond acceptors (Lipinski definition) is 4. The number of likely N-dealkylation sites (N-methyl/N-ethyl adjacent to an activating group) is 1. The lowest BCUT2D eigenvalue weighted by Crippen LogP contribution is -2.46. The van der Waals surface area contributed by atoms with Gasteiger partial charge >= 0.3 is 0 Å². The molecule has 1 fully saturated rings. The molecule has 0 unspecified atom stereocenters. The molecule has 5 nitrogen and oxygen atoms in total. The summed E-state index contributed by atoms with van der Waals surface area (Å²) in [5.74, 6) is -0.254. The lowest BCUT2D eigenvalue weighted by Gasteiger charge is -2.36. The van der Waals surface area contributed by atoms with Crippen LogP contribution in [0.5, 0.6) is 0 Å². The summed E-state index contributed by atoms with van der Waals surface area (Å²) in [6.07, 6.45) is 0. The van der Waals surface area contributed by atoms with Crippen LogP contribution in [0.3, 0.4) is 0 Å². The Morgan fingerprint density at radius 1 is 1.19 bits per heavy atom. The maximum atomic E-state index is 12.7. The molecular weight excluding hydrogens is 416 g/mol. The zero-order valence-corrected chi connectivity index (χ0v) is 17.0. The topological polar surface area (TPSA) is 61.6 Å². The number of amides is 1. The van der Waals surface area contributed by atoms with Crippen LogP contribution >= 0.6 is 27.5 Å². The van der Waals surface area contributed by atoms with Gasteiger partial charge in [0.2, 0.25) is 0 Å². The van der Waals surface area contributed by atoms with Crippen LogP contribution in [0.4, 0.5) is 17.1 Å². The van der Waals surface area contributed by atoms with E-state index < -0.39 is 0 Å². The monoisotopic (exact) mass is 436 g/mol. The Bertz CT molecular complexity index is 806. The Balaban J connectivity index is 1.84. The Morgan fingerprint density at radius 3 is 2.62 bits per heavy atom. The fourth-order valence-electron chi connectivity index (χ4n) is 3.10. The zero-order valence-electron chi connectivity index (χ0n) is 14.6. The SMILES string of the molecule is CCN1CCN(c2ccc(N)cc2NC(=O)c2cc(Br)ccc2Cl)CC1. The molecular formula is C19H22BrClN4O. The Kier molecular flexibility index (Phi) is 6.06. The van der Waals surface area contributed by atoms with Gasteiger partial charge < -0.3 is 20.9 Å². The second kappa shape index (κ2) is 8.29. The second-order valence-electron chi connectivity index (χ2n) is 6.28. The molecule has 1 aliphatic rings. The third-order valence-electron chi connectivity index (χ3n) is 4.60. The van der Waals surface area contributed by atoms with Gasteiger partial charge in [-0.1, -0.05) is 34.5 Å². The van der Waals surface area contributed by atoms with Gasteiger partial charge in [-0.05, 0) is 42.9 Å². The summed E-state index contributed by atoms with van der Waals surface area (Å²) in [5, 5.41) is 3.39. The number of halogens is 2. The van der Waals surface area contributed by atoms with E-state index in [2.05, 4.69) is 38.0 Å². The number of nitrogens with two attached hydrogens (primary N) is 1. The van der Waals surface area contributed by atoms with Gasteiger partial charge in [-0.15, -0.1) is 0 Å². The van der Waals surface area contributed by atoms with E-state index in [1.165, 1.54) is 0 Å². The zero-order chi connectivity index (χ0) is 18.7. The molecule has 1 saturated heterocycles. The largest absolute Gasteiger partial charge is 0.399 e. The van der Waals surface area contributed by atoms with Crippen LogP contribution in [0.1, 0.15) is 17.3 Å². The lowest BCUT2D eigenvalue weighted by atomic mass is 10.1. The van der Waals surface area contributed by atoms with Crippen molar-refractivity contribution in [1.29, 1.82) is 0 Å². The van der Waals surface area contributed by atoms with Crippen molar-refractivity contribution < 1.29 is 4.79 Å². The molecule has 0 bridgehead atoms. The number of rotatable bonds is 4. The Hall–Kier alpha value is -1.76. The quantitative estimate of drug-likeness (QED) is 0.708. The number of anilines is 3. The van der Waals surface area contributed by atoms with E-state index >= 15 is 0 Å². The predicted octanol–water partition coefficient (Wildman–Crippen LogP) is 4.08. The normalized spacial score (nSPS) is 15.1. The standard InChI is InChI=1S/C19H22BrClN4O/c1-2-24-7-9-25(10-8-24)18-6-4-14(22)12-17(18)23-19(26)15-11-13(20)3-5-16(15)21/h3-6,11-12H,2,7-10,22H2,1H3,(H,23,26). The van der Waals surface area contributed by atoms with Gasteiger partial charge in [0, 0.05) is 36.3 Å². The van der Waals surface area contributed by atoms with Crippen molar-refractivity contribution in [2.24, 2.45) is 0 Å². The average molecular weight is 438 g/mol. The van der Waals surface area contributed by atoms with Gasteiger partial charge in [-0.25, -0.2) is 0 Å². The third kappa shape index (κ3) is 4.31. The molecule has 3 N–H and O–H groups in total. The van der Waals surface area contributed by atoms with Gasteiger partial charge in [0.25, 0.3) is 5.91 Å². The number of hydrogen-bond donors (Lipinski definition) is 2. The first-order chi connectivity index (χ1) is 12.5. The highest BCUT2D eigenvalue weighted by molar-refractivity contribution is 9.10. The first-order valence-corrected chi connectivity index (χ1v) is 9.78. The van der Waals surface area contributed by atoms with E-state index in [0.717, 1.165) is 42.9 Å². The van der Waals surface area contributed by atoms with Gasteiger partial charge in [0.1, 0.15) is 0 Å². The minimum atomic E-state index is -0.254. The molecule has 1 aliphatic heterocycles. The van der Waals surface area contributed by atoms with E-state index in [4.69, 9.17) is 17.3 Å². The van der Waals surface area contributed by atoms with Crippen molar-refractivity contribution >= 4 is 50.5 Å². The molecule has 138 valence electrons. The summed E-state index contributed by atoms with van der Waals surface area (Å²) in [5.41, 5.74) is 8.67. The van der Waals surface area contributed by atoms with Crippen molar-refractivity contribution in [2.75, 3.05) is 48.7 Å². The van der Waals surface area contributed by atoms with E-state index in [0.29, 0.717) is 22.0 Å². The highest BCUT2D eigenvalue weighted by Crippen LogP contribution is 2.30. The van der Waals surface area contributed by atoms with E-state index in [-0.39, 0.29) is 5.91 Å². The number of nitrogen functional groups attached to an aromatic ring is 1. The predicted molar refractivity (Wildman–Crippen MR) is 112 cm³/mol. The van der Waals surface area contributed by atoms with Crippen molar-refractivity contribution in [2.45, 2.75) is 6.92 Å². The summed E-state index contributed by atoms with van der Waals surface area (Å²) in [6, 6.07) is 10.8. The molecule has 2 aromatic rings. The number of nitrogens with one attached hydrogen (secondary N) is 1. The van der Waals surface area contributed by atoms with Gasteiger partial charge in [0.05, 0.1) is 22.0 Å². The van der Waals surface area contributed by atoms with Crippen LogP contribution in [-0.4, -0.2) is 43.5 Å². The van der Waals surface area contributed by atoms with E-state index in [1.807, 2.05) is 12.1 Å². The minimum Gasteiger partial charge on any atom is -0.399 e. The Morgan fingerprint density at radius 2 is 1.92 bits per heavy atom. The molecule has 0 saturated carbocycles. The fourth-order valence-corrected chi connectivity index (χ4v) is 3.66. The number of carbonyl (C=O) groups is 1. The highest BCUT2D eigenvalue weighted by atomic mass is 79.9. The first kappa shape index (κ1) is 19.0. The molecule has 3 rings (SSSR count). The van der Waals surface area contributed by atoms with E-state index in [9.17, 15) is 4.79 Å². The molecule has 1 amide bonds. The van der Waals surface area contributed by atoms with Crippen LogP contribution in [-0.2, 0) is 0 Å². The van der Waals surface area contributed by atoms with Gasteiger partial charge in [0.15, 0.2) is 0 Å². The molecule has 0 radical (unpaired) electrons. The third-order valence-corrected chi connectivity index (χ3v) is 5.42.